The first-order valence-corrected chi connectivity index (χ1v) is 9.05. The highest BCUT2D eigenvalue weighted by Gasteiger charge is 2.13. The van der Waals surface area contributed by atoms with Crippen molar-refractivity contribution in [2.45, 2.75) is 20.4 Å². The zero-order chi connectivity index (χ0) is 21.0. The highest BCUT2D eigenvalue weighted by molar-refractivity contribution is 5.97. The normalized spacial score (nSPS) is 10.6. The van der Waals surface area contributed by atoms with Crippen LogP contribution < -0.4 is 20.3 Å². The monoisotopic (exact) mass is 397 g/mol. The highest BCUT2D eigenvalue weighted by atomic mass is 16.5. The van der Waals surface area contributed by atoms with E-state index in [1.165, 1.54) is 17.9 Å². The van der Waals surface area contributed by atoms with Crippen LogP contribution in [-0.2, 0) is 6.54 Å². The summed E-state index contributed by atoms with van der Waals surface area (Å²) in [5, 5.41) is 11.5. The largest absolute Gasteiger partial charge is 0.497 e. The van der Waals surface area contributed by atoms with Crippen LogP contribution in [0.2, 0.25) is 0 Å². The number of amides is 1. The molecule has 0 aliphatic heterocycles. The van der Waals surface area contributed by atoms with Crippen LogP contribution in [0.5, 0.6) is 11.5 Å². The van der Waals surface area contributed by atoms with Gasteiger partial charge in [-0.05, 0) is 38.1 Å². The topological polar surface area (TPSA) is 100 Å². The molecule has 9 nitrogen and oxygen atoms in total. The van der Waals surface area contributed by atoms with E-state index in [2.05, 4.69) is 15.5 Å². The number of nitrogens with one attached hydrogen (secondary N) is 1. The molecule has 0 bridgehead atoms. The van der Waals surface area contributed by atoms with E-state index in [1.54, 1.807) is 36.1 Å². The molecule has 0 aliphatic carbocycles. The van der Waals surface area contributed by atoms with Gasteiger partial charge < -0.3 is 14.8 Å². The molecule has 3 rings (SSSR count). The molecule has 0 atom stereocenters. The van der Waals surface area contributed by atoms with Gasteiger partial charge in [-0.1, -0.05) is 0 Å². The second-order valence-corrected chi connectivity index (χ2v) is 6.41. The molecular formula is C20H23N5O4. The van der Waals surface area contributed by atoms with Crippen molar-refractivity contribution in [1.82, 2.24) is 24.9 Å². The van der Waals surface area contributed by atoms with E-state index in [0.29, 0.717) is 22.9 Å². The van der Waals surface area contributed by atoms with Gasteiger partial charge in [-0.2, -0.15) is 5.10 Å². The molecule has 152 valence electrons. The molecule has 1 amide bonds. The standard InChI is InChI=1S/C20H23N5O4/c1-13-11-14(2)25(22-13)18-7-8-19(26)24(23-18)10-9-21-20(27)16-6-5-15(28-3)12-17(16)29-4/h5-8,11-12H,9-10H2,1-4H3,(H,21,27). The van der Waals surface area contributed by atoms with Gasteiger partial charge in [0.1, 0.15) is 11.5 Å². The summed E-state index contributed by atoms with van der Waals surface area (Å²) in [5.74, 6) is 1.23. The number of carbonyl (C=O) groups is 1. The van der Waals surface area contributed by atoms with Crippen molar-refractivity contribution in [1.29, 1.82) is 0 Å². The van der Waals surface area contributed by atoms with Gasteiger partial charge >= 0.3 is 0 Å². The maximum absolute atomic E-state index is 12.5. The number of nitrogens with zero attached hydrogens (tertiary/aromatic N) is 4. The van der Waals surface area contributed by atoms with E-state index in [9.17, 15) is 9.59 Å². The summed E-state index contributed by atoms with van der Waals surface area (Å²) >= 11 is 0. The molecular weight excluding hydrogens is 374 g/mol. The van der Waals surface area contributed by atoms with E-state index < -0.39 is 0 Å². The third-order valence-corrected chi connectivity index (χ3v) is 4.34. The van der Waals surface area contributed by atoms with Crippen LogP contribution in [0, 0.1) is 13.8 Å². The molecule has 0 saturated heterocycles. The van der Waals surface area contributed by atoms with Crippen LogP contribution in [0.4, 0.5) is 0 Å². The number of aryl methyl sites for hydroxylation is 2. The number of rotatable bonds is 7. The third-order valence-electron chi connectivity index (χ3n) is 4.34. The van der Waals surface area contributed by atoms with E-state index in [-0.39, 0.29) is 24.6 Å². The average Bonchev–Trinajstić information content (AvgIpc) is 3.06. The Morgan fingerprint density at radius 3 is 2.52 bits per heavy atom. The number of hydrogen-bond donors (Lipinski definition) is 1. The SMILES string of the molecule is COc1ccc(C(=O)NCCn2nc(-n3nc(C)cc3C)ccc2=O)c(OC)c1. The molecule has 29 heavy (non-hydrogen) atoms. The first kappa shape index (κ1) is 20.1. The van der Waals surface area contributed by atoms with Crippen LogP contribution in [0.15, 0.2) is 41.2 Å². The van der Waals surface area contributed by atoms with Gasteiger partial charge in [0.2, 0.25) is 0 Å². The van der Waals surface area contributed by atoms with Crippen molar-refractivity contribution in [3.63, 3.8) is 0 Å². The summed E-state index contributed by atoms with van der Waals surface area (Å²) in [7, 11) is 3.03. The number of ether oxygens (including phenoxy) is 2. The van der Waals surface area contributed by atoms with Crippen LogP contribution >= 0.6 is 0 Å². The van der Waals surface area contributed by atoms with Gasteiger partial charge in [-0.25, -0.2) is 9.36 Å². The van der Waals surface area contributed by atoms with Gasteiger partial charge in [0, 0.05) is 24.4 Å². The summed E-state index contributed by atoms with van der Waals surface area (Å²) in [5.41, 5.74) is 1.90. The fraction of sp³-hybridized carbons (Fsp3) is 0.300. The fourth-order valence-corrected chi connectivity index (χ4v) is 2.93. The Kier molecular flexibility index (Phi) is 5.96. The maximum atomic E-state index is 12.5. The summed E-state index contributed by atoms with van der Waals surface area (Å²) in [6, 6.07) is 9.94. The molecule has 0 aliphatic rings. The molecule has 9 heteroatoms. The summed E-state index contributed by atoms with van der Waals surface area (Å²) in [4.78, 5) is 24.6. The molecule has 0 unspecified atom stereocenters. The molecule has 0 radical (unpaired) electrons. The zero-order valence-corrected chi connectivity index (χ0v) is 16.8. The van der Waals surface area contributed by atoms with E-state index in [0.717, 1.165) is 11.4 Å². The Bertz CT molecular complexity index is 1090. The maximum Gasteiger partial charge on any atom is 0.266 e. The number of methoxy groups -OCH3 is 2. The van der Waals surface area contributed by atoms with Gasteiger partial charge in [0.05, 0.1) is 32.0 Å². The Hall–Kier alpha value is -3.62. The average molecular weight is 397 g/mol. The van der Waals surface area contributed by atoms with E-state index in [4.69, 9.17) is 9.47 Å². The second kappa shape index (κ2) is 8.59. The lowest BCUT2D eigenvalue weighted by Gasteiger charge is -2.12. The number of benzene rings is 1. The highest BCUT2D eigenvalue weighted by Crippen LogP contribution is 2.24. The minimum absolute atomic E-state index is 0.218. The lowest BCUT2D eigenvalue weighted by molar-refractivity contribution is 0.0948. The van der Waals surface area contributed by atoms with Gasteiger partial charge in [-0.15, -0.1) is 5.10 Å². The predicted octanol–water partition coefficient (Wildman–Crippen LogP) is 1.49. The number of aromatic nitrogens is 4. The van der Waals surface area contributed by atoms with Crippen molar-refractivity contribution >= 4 is 5.91 Å². The lowest BCUT2D eigenvalue weighted by Crippen LogP contribution is -2.32. The van der Waals surface area contributed by atoms with Crippen LogP contribution in [-0.4, -0.2) is 46.2 Å². The number of carbonyl (C=O) groups excluding carboxylic acids is 1. The molecule has 0 fully saturated rings. The van der Waals surface area contributed by atoms with Crippen molar-refractivity contribution in [3.05, 3.63) is 63.7 Å². The lowest BCUT2D eigenvalue weighted by atomic mass is 10.1. The molecule has 1 N–H and O–H groups in total. The van der Waals surface area contributed by atoms with Crippen LogP contribution in [0.1, 0.15) is 21.7 Å². The Labute approximate surface area is 167 Å². The smallest absolute Gasteiger partial charge is 0.266 e. The molecule has 0 saturated carbocycles. The minimum atomic E-state index is -0.313. The molecule has 2 aromatic heterocycles. The van der Waals surface area contributed by atoms with Crippen molar-refractivity contribution in [3.8, 4) is 17.3 Å². The summed E-state index contributed by atoms with van der Waals surface area (Å²) in [6.07, 6.45) is 0. The van der Waals surface area contributed by atoms with E-state index >= 15 is 0 Å². The first-order valence-electron chi connectivity index (χ1n) is 9.05. The number of hydrogen-bond acceptors (Lipinski definition) is 6. The molecule has 3 aromatic rings. The fourth-order valence-electron chi connectivity index (χ4n) is 2.93. The van der Waals surface area contributed by atoms with Gasteiger partial charge in [-0.3, -0.25) is 9.59 Å². The van der Waals surface area contributed by atoms with Crippen molar-refractivity contribution in [2.24, 2.45) is 0 Å². The van der Waals surface area contributed by atoms with E-state index in [1.807, 2.05) is 19.9 Å². The quantitative estimate of drug-likeness (QED) is 0.648. The van der Waals surface area contributed by atoms with Gasteiger partial charge in [0.25, 0.3) is 11.5 Å². The molecule has 2 heterocycles. The van der Waals surface area contributed by atoms with Crippen molar-refractivity contribution < 1.29 is 14.3 Å². The summed E-state index contributed by atoms with van der Waals surface area (Å²) < 4.78 is 13.4. The Balaban J connectivity index is 1.71. The first-order chi connectivity index (χ1) is 13.9. The van der Waals surface area contributed by atoms with Crippen LogP contribution in [0.3, 0.4) is 0 Å². The Morgan fingerprint density at radius 1 is 1.07 bits per heavy atom. The van der Waals surface area contributed by atoms with Crippen molar-refractivity contribution in [2.75, 3.05) is 20.8 Å². The molecule has 0 spiro atoms. The zero-order valence-electron chi connectivity index (χ0n) is 16.8. The predicted molar refractivity (Wildman–Crippen MR) is 107 cm³/mol. The second-order valence-electron chi connectivity index (χ2n) is 6.41. The van der Waals surface area contributed by atoms with Gasteiger partial charge in [0.15, 0.2) is 5.82 Å². The molecule has 1 aromatic carbocycles. The minimum Gasteiger partial charge on any atom is -0.497 e. The van der Waals surface area contributed by atoms with Crippen LogP contribution in [0.25, 0.3) is 5.82 Å². The Morgan fingerprint density at radius 2 is 1.86 bits per heavy atom. The summed E-state index contributed by atoms with van der Waals surface area (Å²) in [6.45, 7) is 4.25. The third kappa shape index (κ3) is 4.45.